The SMILES string of the molecule is Cc1ccc(Nc2ccc(Nc3ccc(N=C4C=CC(=N)C=C4)cc3)cc2)cc1. The van der Waals surface area contributed by atoms with Crippen LogP contribution >= 0.6 is 0 Å². The molecule has 0 spiro atoms. The van der Waals surface area contributed by atoms with Crippen molar-refractivity contribution in [3.05, 3.63) is 103 Å². The summed E-state index contributed by atoms with van der Waals surface area (Å²) in [5, 5.41) is 14.3. The van der Waals surface area contributed by atoms with Gasteiger partial charge in [0.25, 0.3) is 0 Å². The number of hydrogen-bond acceptors (Lipinski definition) is 4. The first-order chi connectivity index (χ1) is 14.1. The van der Waals surface area contributed by atoms with Crippen LogP contribution in [0.1, 0.15) is 5.56 Å². The lowest BCUT2D eigenvalue weighted by molar-refractivity contribution is 1.45. The second-order valence-corrected chi connectivity index (χ2v) is 6.90. The van der Waals surface area contributed by atoms with Gasteiger partial charge in [-0.15, -0.1) is 0 Å². The molecule has 0 aromatic heterocycles. The van der Waals surface area contributed by atoms with Gasteiger partial charge in [-0.3, -0.25) is 0 Å². The van der Waals surface area contributed by atoms with Gasteiger partial charge in [0.1, 0.15) is 0 Å². The summed E-state index contributed by atoms with van der Waals surface area (Å²) in [6.07, 6.45) is 7.18. The van der Waals surface area contributed by atoms with Crippen LogP contribution in [0.25, 0.3) is 0 Å². The van der Waals surface area contributed by atoms with Crippen molar-refractivity contribution in [2.24, 2.45) is 4.99 Å². The fourth-order valence-electron chi connectivity index (χ4n) is 2.91. The molecule has 0 atom stereocenters. The molecule has 1 aliphatic carbocycles. The van der Waals surface area contributed by atoms with E-state index in [9.17, 15) is 0 Å². The van der Waals surface area contributed by atoms with Crippen LogP contribution in [0.15, 0.2) is 102 Å². The van der Waals surface area contributed by atoms with Gasteiger partial charge in [-0.2, -0.15) is 0 Å². The molecule has 142 valence electrons. The lowest BCUT2D eigenvalue weighted by atomic mass is 10.1. The molecule has 0 saturated heterocycles. The third kappa shape index (κ3) is 5.08. The number of aryl methyl sites for hydroxylation is 1. The van der Waals surface area contributed by atoms with E-state index in [2.05, 4.69) is 71.1 Å². The Morgan fingerprint density at radius 2 is 1.00 bits per heavy atom. The minimum Gasteiger partial charge on any atom is -0.356 e. The van der Waals surface area contributed by atoms with Crippen molar-refractivity contribution >= 4 is 39.9 Å². The van der Waals surface area contributed by atoms with Crippen LogP contribution in [-0.4, -0.2) is 11.4 Å². The second kappa shape index (κ2) is 8.40. The molecule has 0 unspecified atom stereocenters. The van der Waals surface area contributed by atoms with Crippen LogP contribution in [0.5, 0.6) is 0 Å². The van der Waals surface area contributed by atoms with Gasteiger partial charge in [-0.25, -0.2) is 4.99 Å². The van der Waals surface area contributed by atoms with Gasteiger partial charge in [0.15, 0.2) is 0 Å². The van der Waals surface area contributed by atoms with Crippen LogP contribution < -0.4 is 10.6 Å². The maximum absolute atomic E-state index is 7.53. The number of nitrogens with one attached hydrogen (secondary N) is 3. The van der Waals surface area contributed by atoms with Gasteiger partial charge in [-0.1, -0.05) is 17.7 Å². The number of rotatable bonds is 5. The van der Waals surface area contributed by atoms with E-state index in [0.29, 0.717) is 5.71 Å². The molecule has 0 bridgehead atoms. The molecule has 3 aromatic rings. The molecule has 4 nitrogen and oxygen atoms in total. The molecular weight excluding hydrogens is 356 g/mol. The molecule has 0 saturated carbocycles. The molecule has 0 radical (unpaired) electrons. The molecule has 3 N–H and O–H groups in total. The average molecular weight is 378 g/mol. The summed E-state index contributed by atoms with van der Waals surface area (Å²) in [5.41, 5.74) is 7.62. The highest BCUT2D eigenvalue weighted by atomic mass is 14.9. The zero-order valence-electron chi connectivity index (χ0n) is 16.2. The lowest BCUT2D eigenvalue weighted by Gasteiger charge is -2.10. The molecule has 29 heavy (non-hydrogen) atoms. The van der Waals surface area contributed by atoms with Crippen molar-refractivity contribution in [3.8, 4) is 0 Å². The van der Waals surface area contributed by atoms with E-state index in [1.165, 1.54) is 5.56 Å². The highest BCUT2D eigenvalue weighted by Gasteiger charge is 2.00. The summed E-state index contributed by atoms with van der Waals surface area (Å²) in [5.74, 6) is 0. The highest BCUT2D eigenvalue weighted by molar-refractivity contribution is 6.18. The van der Waals surface area contributed by atoms with Crippen molar-refractivity contribution in [1.29, 1.82) is 5.41 Å². The Morgan fingerprint density at radius 1 is 0.586 bits per heavy atom. The van der Waals surface area contributed by atoms with E-state index in [0.717, 1.165) is 34.1 Å². The topological polar surface area (TPSA) is 60.3 Å². The van der Waals surface area contributed by atoms with Crippen LogP contribution in [0, 0.1) is 12.3 Å². The van der Waals surface area contributed by atoms with Crippen molar-refractivity contribution < 1.29 is 0 Å². The zero-order chi connectivity index (χ0) is 20.1. The summed E-state index contributed by atoms with van der Waals surface area (Å²) in [6, 6.07) is 24.5. The second-order valence-electron chi connectivity index (χ2n) is 6.90. The Hall–Kier alpha value is -3.92. The monoisotopic (exact) mass is 378 g/mol. The molecule has 0 amide bonds. The van der Waals surface area contributed by atoms with Crippen molar-refractivity contribution in [1.82, 2.24) is 0 Å². The van der Waals surface area contributed by atoms with E-state index < -0.39 is 0 Å². The first kappa shape index (κ1) is 18.4. The third-order valence-corrected chi connectivity index (χ3v) is 4.51. The van der Waals surface area contributed by atoms with Crippen LogP contribution in [-0.2, 0) is 0 Å². The van der Waals surface area contributed by atoms with Gasteiger partial charge in [0.2, 0.25) is 0 Å². The predicted octanol–water partition coefficient (Wildman–Crippen LogP) is 6.70. The predicted molar refractivity (Wildman–Crippen MR) is 124 cm³/mol. The van der Waals surface area contributed by atoms with Crippen molar-refractivity contribution in [2.45, 2.75) is 6.92 Å². The Kier molecular flexibility index (Phi) is 5.34. The number of benzene rings is 3. The van der Waals surface area contributed by atoms with E-state index in [4.69, 9.17) is 5.41 Å². The Labute approximate surface area is 170 Å². The summed E-state index contributed by atoms with van der Waals surface area (Å²) in [4.78, 5) is 4.57. The van der Waals surface area contributed by atoms with Gasteiger partial charge in [-0.05, 0) is 91.9 Å². The molecule has 4 heteroatoms. The van der Waals surface area contributed by atoms with E-state index in [-0.39, 0.29) is 0 Å². The number of allylic oxidation sites excluding steroid dienone is 4. The third-order valence-electron chi connectivity index (χ3n) is 4.51. The van der Waals surface area contributed by atoms with Gasteiger partial charge < -0.3 is 16.0 Å². The maximum Gasteiger partial charge on any atom is 0.0638 e. The van der Waals surface area contributed by atoms with Gasteiger partial charge >= 0.3 is 0 Å². The van der Waals surface area contributed by atoms with Gasteiger partial charge in [0.05, 0.1) is 17.1 Å². The molecule has 4 rings (SSSR count). The number of anilines is 4. The first-order valence-electron chi connectivity index (χ1n) is 9.48. The van der Waals surface area contributed by atoms with E-state index in [1.54, 1.807) is 12.2 Å². The normalized spacial score (nSPS) is 12.7. The molecule has 1 aliphatic rings. The van der Waals surface area contributed by atoms with Crippen molar-refractivity contribution in [3.63, 3.8) is 0 Å². The lowest BCUT2D eigenvalue weighted by Crippen LogP contribution is -1.97. The Balaban J connectivity index is 1.38. The highest BCUT2D eigenvalue weighted by Crippen LogP contribution is 2.23. The number of nitrogens with zero attached hydrogens (tertiary/aromatic N) is 1. The molecule has 3 aromatic carbocycles. The summed E-state index contributed by atoms with van der Waals surface area (Å²) in [7, 11) is 0. The largest absolute Gasteiger partial charge is 0.356 e. The fraction of sp³-hybridized carbons (Fsp3) is 0.0400. The summed E-state index contributed by atoms with van der Waals surface area (Å²) >= 11 is 0. The first-order valence-corrected chi connectivity index (χ1v) is 9.48. The molecule has 0 fully saturated rings. The van der Waals surface area contributed by atoms with Gasteiger partial charge in [0, 0.05) is 22.7 Å². The Morgan fingerprint density at radius 3 is 1.48 bits per heavy atom. The smallest absolute Gasteiger partial charge is 0.0638 e. The fourth-order valence-corrected chi connectivity index (χ4v) is 2.91. The minimum atomic E-state index is 0.489. The number of aliphatic imine (C=N–C) groups is 1. The molecule has 0 aliphatic heterocycles. The van der Waals surface area contributed by atoms with E-state index >= 15 is 0 Å². The van der Waals surface area contributed by atoms with Crippen LogP contribution in [0.2, 0.25) is 0 Å². The quantitative estimate of drug-likeness (QED) is 0.433. The summed E-state index contributed by atoms with van der Waals surface area (Å²) in [6.45, 7) is 2.08. The zero-order valence-corrected chi connectivity index (χ0v) is 16.2. The van der Waals surface area contributed by atoms with Crippen LogP contribution in [0.3, 0.4) is 0 Å². The molecular formula is C25H22N4. The average Bonchev–Trinajstić information content (AvgIpc) is 2.74. The van der Waals surface area contributed by atoms with Crippen molar-refractivity contribution in [2.75, 3.05) is 10.6 Å². The maximum atomic E-state index is 7.53. The standard InChI is InChI=1S/C25H22N4/c1-18-2-6-20(7-3-18)27-22-10-14-24(15-11-22)29-25-16-12-23(13-17-25)28-21-8-4-19(26)5-9-21/h2-17,26-27,29H,1H3. The van der Waals surface area contributed by atoms with E-state index in [1.807, 2.05) is 36.4 Å². The minimum absolute atomic E-state index is 0.489. The Bertz CT molecular complexity index is 1070. The number of hydrogen-bond donors (Lipinski definition) is 3. The molecule has 0 heterocycles. The summed E-state index contributed by atoms with van der Waals surface area (Å²) < 4.78 is 0. The van der Waals surface area contributed by atoms with Crippen LogP contribution in [0.4, 0.5) is 28.4 Å².